The van der Waals surface area contributed by atoms with Gasteiger partial charge in [0.05, 0.1) is 22.2 Å². The van der Waals surface area contributed by atoms with Crippen LogP contribution in [-0.2, 0) is 11.2 Å². The minimum Gasteiger partial charge on any atom is -0.353 e. The van der Waals surface area contributed by atoms with E-state index < -0.39 is 5.82 Å². The van der Waals surface area contributed by atoms with Crippen molar-refractivity contribution in [2.45, 2.75) is 38.6 Å². The summed E-state index contributed by atoms with van der Waals surface area (Å²) in [6.45, 7) is 2.17. The van der Waals surface area contributed by atoms with Crippen molar-refractivity contribution >= 4 is 52.1 Å². The van der Waals surface area contributed by atoms with Crippen molar-refractivity contribution in [3.8, 4) is 0 Å². The second-order valence-electron chi connectivity index (χ2n) is 7.04. The zero-order valence-electron chi connectivity index (χ0n) is 14.8. The number of hydrogen-bond donors (Lipinski definition) is 2. The molecule has 1 aliphatic rings. The van der Waals surface area contributed by atoms with Crippen molar-refractivity contribution in [1.82, 2.24) is 5.32 Å². The highest BCUT2D eigenvalue weighted by atomic mass is 35.5. The molecule has 0 aliphatic heterocycles. The molecule has 2 atom stereocenters. The number of rotatable bonds is 5. The van der Waals surface area contributed by atoms with E-state index in [0.29, 0.717) is 37.9 Å². The average molecular weight is 430 g/mol. The summed E-state index contributed by atoms with van der Waals surface area (Å²) in [4.78, 5) is 12.3. The minimum atomic E-state index is -0.427. The first-order valence-corrected chi connectivity index (χ1v) is 9.94. The van der Waals surface area contributed by atoms with Gasteiger partial charge in [-0.3, -0.25) is 4.79 Å². The maximum Gasteiger partial charge on any atom is 0.224 e. The number of hydrogen-bond acceptors (Lipinski definition) is 2. The van der Waals surface area contributed by atoms with Crippen molar-refractivity contribution < 1.29 is 9.18 Å². The lowest BCUT2D eigenvalue weighted by Gasteiger charge is -2.14. The van der Waals surface area contributed by atoms with E-state index in [0.717, 1.165) is 19.3 Å². The predicted octanol–water partition coefficient (Wildman–Crippen LogP) is 6.38. The number of anilines is 2. The molecule has 1 aliphatic carbocycles. The lowest BCUT2D eigenvalue weighted by molar-refractivity contribution is -0.121. The number of benzene rings is 2. The number of amides is 1. The summed E-state index contributed by atoms with van der Waals surface area (Å²) < 4.78 is 14.2. The van der Waals surface area contributed by atoms with Crippen LogP contribution in [-0.4, -0.2) is 11.9 Å². The van der Waals surface area contributed by atoms with Crippen LogP contribution in [0.1, 0.15) is 31.7 Å². The van der Waals surface area contributed by atoms with E-state index in [1.54, 1.807) is 24.3 Å². The Balaban J connectivity index is 1.72. The molecule has 0 saturated heterocycles. The molecule has 7 heteroatoms. The van der Waals surface area contributed by atoms with E-state index in [2.05, 4.69) is 17.6 Å². The van der Waals surface area contributed by atoms with Gasteiger partial charge in [0.2, 0.25) is 5.91 Å². The molecule has 0 radical (unpaired) electrons. The molecule has 1 fully saturated rings. The molecule has 2 aromatic carbocycles. The van der Waals surface area contributed by atoms with Gasteiger partial charge in [-0.2, -0.15) is 0 Å². The zero-order valence-corrected chi connectivity index (χ0v) is 17.1. The summed E-state index contributed by atoms with van der Waals surface area (Å²) in [5.41, 5.74) is 1.37. The van der Waals surface area contributed by atoms with E-state index in [1.807, 2.05) is 0 Å². The Morgan fingerprint density at radius 3 is 2.48 bits per heavy atom. The molecule has 3 rings (SSSR count). The second-order valence-corrected chi connectivity index (χ2v) is 8.29. The normalized spacial score (nSPS) is 19.1. The zero-order chi connectivity index (χ0) is 19.6. The Labute approximate surface area is 173 Å². The third-order valence-electron chi connectivity index (χ3n) is 4.73. The Morgan fingerprint density at radius 1 is 1.15 bits per heavy atom. The first-order valence-electron chi connectivity index (χ1n) is 8.81. The number of halogens is 4. The van der Waals surface area contributed by atoms with E-state index >= 15 is 0 Å². The van der Waals surface area contributed by atoms with Crippen LogP contribution in [0.4, 0.5) is 15.8 Å². The van der Waals surface area contributed by atoms with Gasteiger partial charge in [-0.1, -0.05) is 41.7 Å². The molecule has 144 valence electrons. The highest BCUT2D eigenvalue weighted by Gasteiger charge is 2.23. The third kappa shape index (κ3) is 5.28. The van der Waals surface area contributed by atoms with Crippen molar-refractivity contribution in [2.24, 2.45) is 5.92 Å². The van der Waals surface area contributed by atoms with E-state index in [-0.39, 0.29) is 18.4 Å². The van der Waals surface area contributed by atoms with E-state index in [9.17, 15) is 9.18 Å². The summed E-state index contributed by atoms with van der Waals surface area (Å²) in [5.74, 6) is 0.0185. The molecular formula is C20H20Cl3FN2O. The third-order valence-corrected chi connectivity index (χ3v) is 5.55. The standard InChI is InChI=1S/C20H20Cl3FN2O/c1-11-2-3-14(6-11)25-19(27)8-12-7-15(4-5-18(12)24)26-20-16(22)9-13(21)10-17(20)23/h4-5,7,9-11,14,26H,2-3,6,8H2,1H3,(H,25,27). The number of nitrogens with one attached hydrogen (secondary N) is 2. The second kappa shape index (κ2) is 8.68. The van der Waals surface area contributed by atoms with Crippen molar-refractivity contribution in [1.29, 1.82) is 0 Å². The summed E-state index contributed by atoms with van der Waals surface area (Å²) in [7, 11) is 0. The monoisotopic (exact) mass is 428 g/mol. The molecule has 0 bridgehead atoms. The summed E-state index contributed by atoms with van der Waals surface area (Å²) in [5, 5.41) is 7.19. The largest absolute Gasteiger partial charge is 0.353 e. The van der Waals surface area contributed by atoms with Gasteiger partial charge in [0, 0.05) is 16.8 Å². The van der Waals surface area contributed by atoms with Gasteiger partial charge in [-0.15, -0.1) is 0 Å². The van der Waals surface area contributed by atoms with Gasteiger partial charge in [-0.05, 0) is 61.1 Å². The number of carbonyl (C=O) groups excluding carboxylic acids is 1. The molecule has 2 N–H and O–H groups in total. The van der Waals surface area contributed by atoms with Crippen LogP contribution < -0.4 is 10.6 Å². The van der Waals surface area contributed by atoms with Crippen molar-refractivity contribution in [2.75, 3.05) is 5.32 Å². The molecule has 0 heterocycles. The lowest BCUT2D eigenvalue weighted by atomic mass is 10.1. The Morgan fingerprint density at radius 2 is 1.85 bits per heavy atom. The molecule has 2 unspecified atom stereocenters. The van der Waals surface area contributed by atoms with Crippen LogP contribution in [0.3, 0.4) is 0 Å². The van der Waals surface area contributed by atoms with E-state index in [1.165, 1.54) is 6.07 Å². The molecule has 0 spiro atoms. The molecule has 0 aromatic heterocycles. The Kier molecular flexibility index (Phi) is 6.51. The first-order chi connectivity index (χ1) is 12.8. The fourth-order valence-electron chi connectivity index (χ4n) is 3.38. The molecular weight excluding hydrogens is 410 g/mol. The van der Waals surface area contributed by atoms with Gasteiger partial charge < -0.3 is 10.6 Å². The van der Waals surface area contributed by atoms with Crippen LogP contribution in [0.2, 0.25) is 15.1 Å². The minimum absolute atomic E-state index is 0.0195. The van der Waals surface area contributed by atoms with Gasteiger partial charge >= 0.3 is 0 Å². The average Bonchev–Trinajstić information content (AvgIpc) is 2.98. The first kappa shape index (κ1) is 20.2. The fraction of sp³-hybridized carbons (Fsp3) is 0.350. The SMILES string of the molecule is CC1CCC(NC(=O)Cc2cc(Nc3c(Cl)cc(Cl)cc3Cl)ccc2F)C1. The van der Waals surface area contributed by atoms with Crippen molar-refractivity contribution in [3.05, 3.63) is 56.8 Å². The molecule has 1 amide bonds. The fourth-order valence-corrected chi connectivity index (χ4v) is 4.30. The Bertz CT molecular complexity index is 836. The lowest BCUT2D eigenvalue weighted by Crippen LogP contribution is -2.34. The maximum atomic E-state index is 14.2. The van der Waals surface area contributed by atoms with Gasteiger partial charge in [0.15, 0.2) is 0 Å². The highest BCUT2D eigenvalue weighted by Crippen LogP contribution is 2.36. The molecule has 2 aromatic rings. The topological polar surface area (TPSA) is 41.1 Å². The number of carbonyl (C=O) groups is 1. The predicted molar refractivity (Wildman–Crippen MR) is 110 cm³/mol. The van der Waals surface area contributed by atoms with Gasteiger partial charge in [-0.25, -0.2) is 4.39 Å². The summed E-state index contributed by atoms with van der Waals surface area (Å²) >= 11 is 18.3. The summed E-state index contributed by atoms with van der Waals surface area (Å²) in [6.07, 6.45) is 3.05. The van der Waals surface area contributed by atoms with Gasteiger partial charge in [0.1, 0.15) is 5.82 Å². The van der Waals surface area contributed by atoms with Crippen molar-refractivity contribution in [3.63, 3.8) is 0 Å². The van der Waals surface area contributed by atoms with Gasteiger partial charge in [0.25, 0.3) is 0 Å². The maximum absolute atomic E-state index is 14.2. The quantitative estimate of drug-likeness (QED) is 0.579. The molecule has 27 heavy (non-hydrogen) atoms. The van der Waals surface area contributed by atoms with Crippen LogP contribution >= 0.6 is 34.8 Å². The van der Waals surface area contributed by atoms with Crippen LogP contribution in [0.5, 0.6) is 0 Å². The highest BCUT2D eigenvalue weighted by molar-refractivity contribution is 6.41. The Hall–Kier alpha value is -1.49. The van der Waals surface area contributed by atoms with Crippen LogP contribution in [0.15, 0.2) is 30.3 Å². The summed E-state index contributed by atoms with van der Waals surface area (Å²) in [6, 6.07) is 7.79. The van der Waals surface area contributed by atoms with Crippen LogP contribution in [0, 0.1) is 11.7 Å². The van der Waals surface area contributed by atoms with E-state index in [4.69, 9.17) is 34.8 Å². The molecule has 1 saturated carbocycles. The van der Waals surface area contributed by atoms with Crippen LogP contribution in [0.25, 0.3) is 0 Å². The molecule has 3 nitrogen and oxygen atoms in total. The smallest absolute Gasteiger partial charge is 0.224 e.